The minimum absolute atomic E-state index is 0.00348. The van der Waals surface area contributed by atoms with E-state index in [9.17, 15) is 18.5 Å². The summed E-state index contributed by atoms with van der Waals surface area (Å²) in [6, 6.07) is 6.47. The topological polar surface area (TPSA) is 87.1 Å². The van der Waals surface area contributed by atoms with E-state index in [1.165, 1.54) is 12.1 Å². The third-order valence-corrected chi connectivity index (χ3v) is 5.14. The van der Waals surface area contributed by atoms with Gasteiger partial charge in [-0.15, -0.1) is 0 Å². The van der Waals surface area contributed by atoms with Crippen molar-refractivity contribution in [3.8, 4) is 0 Å². The lowest BCUT2D eigenvalue weighted by molar-refractivity contribution is 0.0529. The van der Waals surface area contributed by atoms with Gasteiger partial charge >= 0.3 is 7.05 Å². The van der Waals surface area contributed by atoms with Gasteiger partial charge in [-0.2, -0.15) is 8.42 Å². The molecule has 1 heterocycles. The van der Waals surface area contributed by atoms with Crippen LogP contribution in [0.3, 0.4) is 0 Å². The zero-order valence-electron chi connectivity index (χ0n) is 12.8. The summed E-state index contributed by atoms with van der Waals surface area (Å²) in [5, 5.41) is 19.4. The van der Waals surface area contributed by atoms with E-state index in [-0.39, 0.29) is 17.4 Å². The van der Waals surface area contributed by atoms with Gasteiger partial charge in [-0.05, 0) is 44.8 Å². The van der Waals surface area contributed by atoms with Crippen LogP contribution in [0.4, 0.5) is 0 Å². The Morgan fingerprint density at radius 1 is 1.32 bits per heavy atom. The summed E-state index contributed by atoms with van der Waals surface area (Å²) in [5.74, 6) is -0.140. The number of aryl methyl sites for hydroxylation is 1. The molecule has 0 bridgehead atoms. The van der Waals surface area contributed by atoms with E-state index in [2.05, 4.69) is 0 Å². The van der Waals surface area contributed by atoms with Crippen LogP contribution < -0.4 is 0 Å². The summed E-state index contributed by atoms with van der Waals surface area (Å²) < 4.78 is 29.4. The van der Waals surface area contributed by atoms with E-state index in [4.69, 9.17) is 4.18 Å². The van der Waals surface area contributed by atoms with E-state index in [0.717, 1.165) is 5.56 Å². The molecule has 0 aromatic heterocycles. The first-order valence-corrected chi connectivity index (χ1v) is 8.75. The number of aliphatic hydroxyl groups excluding tert-OH is 1. The van der Waals surface area contributed by atoms with Gasteiger partial charge in [-0.25, -0.2) is 0 Å². The molecule has 2 N–H and O–H groups in total. The minimum Gasteiger partial charge on any atom is -0.437 e. The first-order valence-electron chi connectivity index (χ1n) is 7.34. The van der Waals surface area contributed by atoms with Crippen LogP contribution in [0.5, 0.6) is 0 Å². The molecule has 2 rings (SSSR count). The molecule has 6 nitrogen and oxygen atoms in total. The number of hydrogen-bond donors (Lipinski definition) is 2. The van der Waals surface area contributed by atoms with Crippen LogP contribution in [0, 0.1) is 12.8 Å². The van der Waals surface area contributed by atoms with Crippen molar-refractivity contribution in [2.75, 3.05) is 19.7 Å². The summed E-state index contributed by atoms with van der Waals surface area (Å²) in [4.78, 5) is 1.84. The number of piperidine rings is 1. The lowest BCUT2D eigenvalue weighted by Crippen LogP contribution is -2.50. The van der Waals surface area contributed by atoms with Crippen molar-refractivity contribution in [1.82, 2.24) is 4.81 Å². The van der Waals surface area contributed by atoms with Crippen LogP contribution in [0.2, 0.25) is 6.82 Å². The monoisotopic (exact) mass is 327 g/mol. The second-order valence-corrected chi connectivity index (χ2v) is 7.51. The molecule has 0 radical (unpaired) electrons. The summed E-state index contributed by atoms with van der Waals surface area (Å²) in [6.07, 6.45) is -0.119. The van der Waals surface area contributed by atoms with Crippen molar-refractivity contribution in [1.29, 1.82) is 0 Å². The molecule has 0 saturated carbocycles. The highest BCUT2D eigenvalue weighted by molar-refractivity contribution is 7.86. The van der Waals surface area contributed by atoms with Gasteiger partial charge in [0.25, 0.3) is 10.1 Å². The molecule has 2 unspecified atom stereocenters. The Hall–Kier alpha value is -0.925. The van der Waals surface area contributed by atoms with Gasteiger partial charge in [0.2, 0.25) is 0 Å². The Morgan fingerprint density at radius 3 is 2.55 bits per heavy atom. The van der Waals surface area contributed by atoms with Crippen LogP contribution >= 0.6 is 0 Å². The lowest BCUT2D eigenvalue weighted by Gasteiger charge is -2.36. The fourth-order valence-corrected chi connectivity index (χ4v) is 3.57. The lowest BCUT2D eigenvalue weighted by atomic mass is 9.80. The highest BCUT2D eigenvalue weighted by atomic mass is 32.2. The number of benzene rings is 1. The van der Waals surface area contributed by atoms with Gasteiger partial charge < -0.3 is 14.9 Å². The Balaban J connectivity index is 1.98. The van der Waals surface area contributed by atoms with E-state index in [0.29, 0.717) is 19.5 Å². The molecule has 1 aromatic carbocycles. The first kappa shape index (κ1) is 17.4. The van der Waals surface area contributed by atoms with Crippen molar-refractivity contribution in [3.05, 3.63) is 29.8 Å². The van der Waals surface area contributed by atoms with Gasteiger partial charge in [-0.3, -0.25) is 4.18 Å². The Bertz CT molecular complexity index is 590. The molecule has 0 aliphatic carbocycles. The van der Waals surface area contributed by atoms with E-state index in [1.807, 2.05) is 6.92 Å². The van der Waals surface area contributed by atoms with Gasteiger partial charge in [0.1, 0.15) is 0 Å². The van der Waals surface area contributed by atoms with E-state index < -0.39 is 23.3 Å². The normalized spacial score (nSPS) is 23.5. The fourth-order valence-electron chi connectivity index (χ4n) is 2.60. The molecule has 1 saturated heterocycles. The number of nitrogens with zero attached hydrogens (tertiary/aromatic N) is 1. The zero-order valence-corrected chi connectivity index (χ0v) is 13.7. The highest BCUT2D eigenvalue weighted by Gasteiger charge is 2.31. The Morgan fingerprint density at radius 2 is 1.95 bits per heavy atom. The van der Waals surface area contributed by atoms with Crippen molar-refractivity contribution < 1.29 is 22.7 Å². The maximum Gasteiger partial charge on any atom is 0.376 e. The van der Waals surface area contributed by atoms with Crippen LogP contribution in [-0.4, -0.2) is 56.2 Å². The quantitative estimate of drug-likeness (QED) is 0.605. The Labute approximate surface area is 132 Å². The molecule has 1 aliphatic rings. The SMILES string of the molecule is CB(O)N1CC(O)CC(COS(=O)(=O)c2ccc(C)cc2)C1. The maximum atomic E-state index is 12.1. The standard InChI is InChI=1S/C14H22BNO5S/c1-11-3-5-14(6-4-11)22(19,20)21-10-12-7-13(17)9-16(8-12)15(2)18/h3-6,12-13,17-18H,7-10H2,1-2H3. The fraction of sp³-hybridized carbons (Fsp3) is 0.571. The predicted molar refractivity (Wildman–Crippen MR) is 83.8 cm³/mol. The highest BCUT2D eigenvalue weighted by Crippen LogP contribution is 2.20. The second kappa shape index (κ2) is 7.10. The van der Waals surface area contributed by atoms with Gasteiger partial charge in [0.05, 0.1) is 17.6 Å². The molecule has 0 spiro atoms. The van der Waals surface area contributed by atoms with Crippen LogP contribution in [0.15, 0.2) is 29.2 Å². The van der Waals surface area contributed by atoms with E-state index >= 15 is 0 Å². The molecule has 0 amide bonds. The van der Waals surface area contributed by atoms with Gasteiger partial charge in [0, 0.05) is 6.54 Å². The summed E-state index contributed by atoms with van der Waals surface area (Å²) in [7, 11) is -4.47. The third kappa shape index (κ3) is 4.53. The third-order valence-electron chi connectivity index (χ3n) is 3.84. The zero-order chi connectivity index (χ0) is 16.3. The minimum atomic E-state index is -3.79. The van der Waals surface area contributed by atoms with Crippen LogP contribution in [0.1, 0.15) is 12.0 Å². The number of hydrogen-bond acceptors (Lipinski definition) is 6. The van der Waals surface area contributed by atoms with Crippen LogP contribution in [0.25, 0.3) is 0 Å². The van der Waals surface area contributed by atoms with Crippen LogP contribution in [-0.2, 0) is 14.3 Å². The summed E-state index contributed by atoms with van der Waals surface area (Å²) in [6.45, 7) is 4.39. The van der Waals surface area contributed by atoms with Gasteiger partial charge in [0.15, 0.2) is 0 Å². The molecule has 1 aliphatic heterocycles. The van der Waals surface area contributed by atoms with Crippen molar-refractivity contribution in [3.63, 3.8) is 0 Å². The molecule has 2 atom stereocenters. The van der Waals surface area contributed by atoms with Crippen molar-refractivity contribution >= 4 is 17.2 Å². The predicted octanol–water partition coefficient (Wildman–Crippen LogP) is 0.493. The van der Waals surface area contributed by atoms with Gasteiger partial charge in [-0.1, -0.05) is 17.7 Å². The number of β-amino-alcohol motifs (C(OH)–C–C–N with tert-alkyl or cyclic N) is 1. The average molecular weight is 327 g/mol. The molecule has 1 fully saturated rings. The summed E-state index contributed by atoms with van der Waals surface area (Å²) in [5.41, 5.74) is 0.974. The van der Waals surface area contributed by atoms with Crippen molar-refractivity contribution in [2.45, 2.75) is 31.2 Å². The van der Waals surface area contributed by atoms with E-state index in [1.54, 1.807) is 23.8 Å². The first-order chi connectivity index (χ1) is 10.3. The molecule has 122 valence electrons. The molecular weight excluding hydrogens is 305 g/mol. The number of rotatable bonds is 5. The molecule has 22 heavy (non-hydrogen) atoms. The average Bonchev–Trinajstić information content (AvgIpc) is 2.45. The maximum absolute atomic E-state index is 12.1. The second-order valence-electron chi connectivity index (χ2n) is 5.89. The number of aliphatic hydroxyl groups is 1. The molecular formula is C14H22BNO5S. The smallest absolute Gasteiger partial charge is 0.376 e. The largest absolute Gasteiger partial charge is 0.437 e. The molecule has 1 aromatic rings. The summed E-state index contributed by atoms with van der Waals surface area (Å²) >= 11 is 0. The van der Waals surface area contributed by atoms with Crippen molar-refractivity contribution in [2.24, 2.45) is 5.92 Å². The Kier molecular flexibility index (Phi) is 5.62. The molecule has 8 heteroatoms.